The molecule has 1 saturated carbocycles. The van der Waals surface area contributed by atoms with E-state index < -0.39 is 47.5 Å². The predicted molar refractivity (Wildman–Crippen MR) is 194 cm³/mol. The molecule has 1 atom stereocenters. The number of hydrogen-bond acceptors (Lipinski definition) is 8. The first-order valence-corrected chi connectivity index (χ1v) is 18.5. The van der Waals surface area contributed by atoms with Crippen molar-refractivity contribution in [3.8, 4) is 11.8 Å². The molecule has 2 aliphatic heterocycles. The van der Waals surface area contributed by atoms with Crippen molar-refractivity contribution in [2.45, 2.75) is 63.2 Å². The third-order valence-corrected chi connectivity index (χ3v) is 10.8. The Morgan fingerprint density at radius 1 is 0.982 bits per heavy atom. The van der Waals surface area contributed by atoms with Gasteiger partial charge in [0.1, 0.15) is 17.4 Å². The van der Waals surface area contributed by atoms with Crippen molar-refractivity contribution in [3.05, 3.63) is 75.7 Å². The Kier molecular flexibility index (Phi) is 11.1. The van der Waals surface area contributed by atoms with Crippen LogP contribution in [0.15, 0.2) is 47.4 Å². The van der Waals surface area contributed by atoms with Crippen LogP contribution >= 0.6 is 0 Å². The summed E-state index contributed by atoms with van der Waals surface area (Å²) in [5, 5.41) is 8.66. The Balaban J connectivity index is 0.900. The summed E-state index contributed by atoms with van der Waals surface area (Å²) in [6.07, 6.45) is -2.93. The molecule has 7 rings (SSSR count). The number of nitrogens with one attached hydrogen (secondary N) is 2. The van der Waals surface area contributed by atoms with Gasteiger partial charge < -0.3 is 10.2 Å². The number of anilines is 1. The summed E-state index contributed by atoms with van der Waals surface area (Å²) in [6, 6.07) is 7.32. The molecule has 0 bridgehead atoms. The first-order valence-electron chi connectivity index (χ1n) is 18.5. The molecule has 13 nitrogen and oxygen atoms in total. The summed E-state index contributed by atoms with van der Waals surface area (Å²) in [7, 11) is 1.65. The second-order valence-corrected chi connectivity index (χ2v) is 14.5. The lowest BCUT2D eigenvalue weighted by Gasteiger charge is -2.37. The largest absolute Gasteiger partial charge is 0.433 e. The van der Waals surface area contributed by atoms with Gasteiger partial charge in [-0.3, -0.25) is 38.4 Å². The normalized spacial score (nSPS) is 21.2. The fourth-order valence-corrected chi connectivity index (χ4v) is 7.86. The maximum atomic E-state index is 13.9. The van der Waals surface area contributed by atoms with E-state index in [2.05, 4.69) is 42.4 Å². The van der Waals surface area contributed by atoms with Gasteiger partial charge in [-0.1, -0.05) is 24.0 Å². The molecule has 4 aromatic rings. The number of rotatable bonds is 8. The Morgan fingerprint density at radius 3 is 2.39 bits per heavy atom. The molecular formula is C38H40F5N9O4. The van der Waals surface area contributed by atoms with Gasteiger partial charge in [0, 0.05) is 52.4 Å². The van der Waals surface area contributed by atoms with Crippen molar-refractivity contribution >= 4 is 34.4 Å². The van der Waals surface area contributed by atoms with Gasteiger partial charge in [-0.2, -0.15) is 18.3 Å². The van der Waals surface area contributed by atoms with Gasteiger partial charge in [0.2, 0.25) is 11.8 Å². The molecule has 1 unspecified atom stereocenters. The number of nitrogens with zero attached hydrogens (tertiary/aromatic N) is 7. The van der Waals surface area contributed by atoms with Crippen LogP contribution in [0.1, 0.15) is 84.5 Å². The van der Waals surface area contributed by atoms with Crippen LogP contribution in [0.5, 0.6) is 0 Å². The van der Waals surface area contributed by atoms with Crippen molar-refractivity contribution in [1.82, 2.24) is 39.0 Å². The zero-order valence-corrected chi connectivity index (χ0v) is 30.5. The average Bonchev–Trinajstić information content (AvgIpc) is 3.71. The minimum atomic E-state index is -4.76. The van der Waals surface area contributed by atoms with Crippen molar-refractivity contribution in [2.75, 3.05) is 44.6 Å². The van der Waals surface area contributed by atoms with Crippen molar-refractivity contribution in [1.29, 1.82) is 0 Å². The monoisotopic (exact) mass is 781 g/mol. The van der Waals surface area contributed by atoms with E-state index in [1.54, 1.807) is 19.2 Å². The number of pyridine rings is 1. The van der Waals surface area contributed by atoms with E-state index in [1.165, 1.54) is 20.0 Å². The number of carbonyl (C=O) groups is 3. The van der Waals surface area contributed by atoms with Crippen LogP contribution in [-0.4, -0.2) is 90.7 Å². The smallest absolute Gasteiger partial charge is 0.318 e. The fraction of sp³-hybridized carbons (Fsp3) is 0.474. The second kappa shape index (κ2) is 16.0. The van der Waals surface area contributed by atoms with Crippen molar-refractivity contribution < 1.29 is 36.3 Å². The Labute approximate surface area is 317 Å². The summed E-state index contributed by atoms with van der Waals surface area (Å²) in [4.78, 5) is 58.2. The summed E-state index contributed by atoms with van der Waals surface area (Å²) >= 11 is 0. The van der Waals surface area contributed by atoms with Crippen LogP contribution in [0, 0.1) is 17.8 Å². The van der Waals surface area contributed by atoms with Crippen LogP contribution in [0.2, 0.25) is 0 Å². The zero-order valence-electron chi connectivity index (χ0n) is 30.5. The van der Waals surface area contributed by atoms with Gasteiger partial charge in [-0.05, 0) is 62.3 Å². The van der Waals surface area contributed by atoms with E-state index in [4.69, 9.17) is 0 Å². The van der Waals surface area contributed by atoms with Crippen molar-refractivity contribution in [3.63, 3.8) is 0 Å². The fourth-order valence-electron chi connectivity index (χ4n) is 7.86. The molecule has 1 aliphatic carbocycles. The molecule has 2 N–H and O–H groups in total. The van der Waals surface area contributed by atoms with Crippen LogP contribution < -0.4 is 16.3 Å². The molecular weight excluding hydrogens is 741 g/mol. The third kappa shape index (κ3) is 8.24. The minimum absolute atomic E-state index is 0.162. The third-order valence-electron chi connectivity index (χ3n) is 10.8. The number of aryl methyl sites for hydroxylation is 1. The average molecular weight is 782 g/mol. The highest BCUT2D eigenvalue weighted by Gasteiger charge is 2.34. The van der Waals surface area contributed by atoms with E-state index in [1.807, 2.05) is 6.07 Å². The van der Waals surface area contributed by atoms with Crippen LogP contribution in [0.4, 0.5) is 27.6 Å². The molecule has 0 spiro atoms. The molecule has 5 heterocycles. The maximum absolute atomic E-state index is 13.9. The van der Waals surface area contributed by atoms with Gasteiger partial charge in [-0.15, -0.1) is 0 Å². The summed E-state index contributed by atoms with van der Waals surface area (Å²) in [5.74, 6) is 5.01. The Hall–Kier alpha value is -5.41. The lowest BCUT2D eigenvalue weighted by molar-refractivity contribution is -0.141. The number of imide groups is 1. The number of fused-ring (bicyclic) bond motifs is 1. The predicted octanol–water partition coefficient (Wildman–Crippen LogP) is 4.52. The topological polar surface area (TPSA) is 139 Å². The molecule has 3 fully saturated rings. The number of amides is 3. The summed E-state index contributed by atoms with van der Waals surface area (Å²) in [6.45, 7) is 4.82. The number of imidazole rings is 1. The number of halogens is 5. The maximum Gasteiger partial charge on any atom is 0.433 e. The number of hydrogen-bond donors (Lipinski definition) is 2. The van der Waals surface area contributed by atoms with Gasteiger partial charge in [0.15, 0.2) is 5.69 Å². The number of piperazine rings is 1. The number of aromatic nitrogens is 5. The van der Waals surface area contributed by atoms with Crippen molar-refractivity contribution in [2.24, 2.45) is 13.0 Å². The van der Waals surface area contributed by atoms with E-state index in [9.17, 15) is 41.1 Å². The van der Waals surface area contributed by atoms with E-state index >= 15 is 0 Å². The highest BCUT2D eigenvalue weighted by Crippen LogP contribution is 2.36. The highest BCUT2D eigenvalue weighted by molar-refractivity contribution is 6.03. The van der Waals surface area contributed by atoms with Crippen LogP contribution in [-0.2, 0) is 22.8 Å². The lowest BCUT2D eigenvalue weighted by Crippen LogP contribution is -2.48. The number of piperidine rings is 1. The summed E-state index contributed by atoms with van der Waals surface area (Å²) < 4.78 is 71.4. The first-order chi connectivity index (χ1) is 26.8. The molecule has 3 aromatic heterocycles. The van der Waals surface area contributed by atoms with Crippen LogP contribution in [0.25, 0.3) is 11.0 Å². The quantitative estimate of drug-likeness (QED) is 0.151. The Bertz CT molecular complexity index is 2250. The number of alkyl halides is 5. The molecule has 56 heavy (non-hydrogen) atoms. The first kappa shape index (κ1) is 38.8. The zero-order chi connectivity index (χ0) is 39.7. The van der Waals surface area contributed by atoms with E-state index in [0.29, 0.717) is 41.9 Å². The van der Waals surface area contributed by atoms with Gasteiger partial charge in [0.05, 0.1) is 34.9 Å². The molecule has 0 radical (unpaired) electrons. The molecule has 18 heteroatoms. The second-order valence-electron chi connectivity index (χ2n) is 14.5. The molecule has 296 valence electrons. The highest BCUT2D eigenvalue weighted by atomic mass is 19.4. The van der Waals surface area contributed by atoms with Gasteiger partial charge in [0.25, 0.3) is 12.3 Å². The van der Waals surface area contributed by atoms with E-state index in [-0.39, 0.29) is 36.2 Å². The number of benzene rings is 1. The Morgan fingerprint density at radius 2 is 1.70 bits per heavy atom. The minimum Gasteiger partial charge on any atom is -0.318 e. The SMILES string of the molecule is Cn1c(=O)n(C2CCC(=O)NC2=O)c2cccc(C#CCN3CCN(C[C@H]4CC[C@H](n5cc(NC(=O)c6cccc(C(F)(F)F)n6)c(C(F)F)n5)CC4)CC3)c21. The summed E-state index contributed by atoms with van der Waals surface area (Å²) in [5.41, 5.74) is -1.17. The molecule has 3 aliphatic rings. The number of para-hydroxylation sites is 1. The molecule has 1 aromatic carbocycles. The molecule has 2 saturated heterocycles. The number of carbonyl (C=O) groups excluding carboxylic acids is 3. The standard InChI is InChI=1S/C38H40F5N9O4/c1-48-33-24(5-2-8-28(33)52(37(48)56)29-14-15-31(53)46-36(29)55)6-4-16-49-17-19-50(20-18-49)21-23-10-12-25(13-11-23)51-22-27(32(47-51)34(39)40)45-35(54)26-7-3-9-30(44-26)38(41,42)43/h2-3,5,7-9,22-23,25,29,34H,10-21H2,1H3,(H,45,54)(H,46,53,55)/t23-,25-,29?. The molecule has 3 amide bonds. The lowest BCUT2D eigenvalue weighted by atomic mass is 9.85. The van der Waals surface area contributed by atoms with E-state index in [0.717, 1.165) is 63.8 Å². The van der Waals surface area contributed by atoms with Gasteiger partial charge >= 0.3 is 11.9 Å². The van der Waals surface area contributed by atoms with Crippen LogP contribution in [0.3, 0.4) is 0 Å². The van der Waals surface area contributed by atoms with Gasteiger partial charge in [-0.25, -0.2) is 18.6 Å².